The molecule has 1 aromatic carbocycles. The monoisotopic (exact) mass is 210 g/mol. The quantitative estimate of drug-likeness (QED) is 0.687. The molecular weight excluding hydrogens is 196 g/mol. The molecule has 0 unspecified atom stereocenters. The lowest BCUT2D eigenvalue weighted by molar-refractivity contribution is -0.0935. The summed E-state index contributed by atoms with van der Waals surface area (Å²) in [6.07, 6.45) is 0. The molecule has 1 N–H and O–H groups in total. The van der Waals surface area contributed by atoms with E-state index in [1.54, 1.807) is 0 Å². The molecule has 0 atom stereocenters. The van der Waals surface area contributed by atoms with Crippen LogP contribution in [0.4, 0.5) is 5.69 Å². The van der Waals surface area contributed by atoms with Gasteiger partial charge in [-0.2, -0.15) is 5.06 Å². The number of hydrogen-bond donors (Lipinski definition) is 2. The number of hydrogen-bond acceptors (Lipinski definition) is 4. The largest absolute Gasteiger partial charge is 0.369 e. The number of thiol groups is 1. The highest BCUT2D eigenvalue weighted by molar-refractivity contribution is 7.80. The summed E-state index contributed by atoms with van der Waals surface area (Å²) in [5, 5.41) is 10.6. The summed E-state index contributed by atoms with van der Waals surface area (Å²) in [4.78, 5) is 3.24. The number of nitrogens with zero attached hydrogens (tertiary/aromatic N) is 2. The van der Waals surface area contributed by atoms with Crippen LogP contribution in [-0.2, 0) is 0 Å². The van der Waals surface area contributed by atoms with Gasteiger partial charge in [0.2, 0.25) is 0 Å². The molecule has 1 aromatic rings. The average molecular weight is 210 g/mol. The maximum absolute atomic E-state index is 9.21. The van der Waals surface area contributed by atoms with Crippen molar-refractivity contribution >= 4 is 18.3 Å². The fourth-order valence-electron chi connectivity index (χ4n) is 1.62. The third kappa shape index (κ3) is 2.20. The number of hydroxylamine groups is 2. The van der Waals surface area contributed by atoms with E-state index in [-0.39, 0.29) is 0 Å². The van der Waals surface area contributed by atoms with Gasteiger partial charge in [0.15, 0.2) is 0 Å². The number of rotatable bonds is 1. The van der Waals surface area contributed by atoms with Crippen molar-refractivity contribution in [3.05, 3.63) is 24.3 Å². The van der Waals surface area contributed by atoms with E-state index in [0.717, 1.165) is 18.0 Å². The van der Waals surface area contributed by atoms with Gasteiger partial charge in [-0.15, -0.1) is 12.6 Å². The van der Waals surface area contributed by atoms with E-state index >= 15 is 0 Å². The molecule has 0 saturated carbocycles. The molecule has 4 heteroatoms. The number of anilines is 1. The fourth-order valence-corrected chi connectivity index (χ4v) is 1.77. The third-order valence-electron chi connectivity index (χ3n) is 2.47. The van der Waals surface area contributed by atoms with Crippen LogP contribution in [0.15, 0.2) is 29.2 Å². The van der Waals surface area contributed by atoms with Gasteiger partial charge in [-0.1, -0.05) is 0 Å². The minimum atomic E-state index is 0.711. The number of piperazine rings is 1. The molecule has 1 aliphatic rings. The van der Waals surface area contributed by atoms with Gasteiger partial charge in [0.05, 0.1) is 0 Å². The van der Waals surface area contributed by atoms with Crippen molar-refractivity contribution in [2.45, 2.75) is 4.90 Å². The van der Waals surface area contributed by atoms with Gasteiger partial charge in [-0.05, 0) is 24.3 Å². The van der Waals surface area contributed by atoms with E-state index < -0.39 is 0 Å². The Bertz CT molecular complexity index is 293. The van der Waals surface area contributed by atoms with Crippen LogP contribution in [0.25, 0.3) is 0 Å². The topological polar surface area (TPSA) is 26.7 Å². The van der Waals surface area contributed by atoms with E-state index in [0.29, 0.717) is 13.1 Å². The molecule has 0 aliphatic carbocycles. The Morgan fingerprint density at radius 2 is 1.57 bits per heavy atom. The van der Waals surface area contributed by atoms with Crippen LogP contribution >= 0.6 is 12.6 Å². The SMILES string of the molecule is ON1CCN(c2ccc(S)cc2)CC1. The predicted octanol–water partition coefficient (Wildman–Crippen LogP) is 1.49. The Morgan fingerprint density at radius 1 is 1.00 bits per heavy atom. The Morgan fingerprint density at radius 3 is 2.14 bits per heavy atom. The Hall–Kier alpha value is -0.710. The van der Waals surface area contributed by atoms with Gasteiger partial charge in [-0.25, -0.2) is 0 Å². The van der Waals surface area contributed by atoms with Crippen LogP contribution in [0.5, 0.6) is 0 Å². The molecule has 1 heterocycles. The van der Waals surface area contributed by atoms with Gasteiger partial charge >= 0.3 is 0 Å². The highest BCUT2D eigenvalue weighted by atomic mass is 32.1. The lowest BCUT2D eigenvalue weighted by Crippen LogP contribution is -2.44. The van der Waals surface area contributed by atoms with Crippen molar-refractivity contribution in [2.75, 3.05) is 31.1 Å². The second-order valence-corrected chi connectivity index (χ2v) is 3.97. The van der Waals surface area contributed by atoms with Gasteiger partial charge < -0.3 is 10.1 Å². The summed E-state index contributed by atoms with van der Waals surface area (Å²) in [7, 11) is 0. The molecule has 14 heavy (non-hydrogen) atoms. The van der Waals surface area contributed by atoms with Crippen molar-refractivity contribution in [3.8, 4) is 0 Å². The smallest absolute Gasteiger partial charge is 0.0414 e. The Balaban J connectivity index is 2.05. The van der Waals surface area contributed by atoms with Crippen molar-refractivity contribution in [2.24, 2.45) is 0 Å². The molecule has 1 aliphatic heterocycles. The minimum absolute atomic E-state index is 0.711. The first-order chi connectivity index (χ1) is 6.75. The van der Waals surface area contributed by atoms with Gasteiger partial charge in [-0.3, -0.25) is 0 Å². The highest BCUT2D eigenvalue weighted by Gasteiger charge is 2.14. The van der Waals surface area contributed by atoms with E-state index in [1.807, 2.05) is 12.1 Å². The van der Waals surface area contributed by atoms with Crippen molar-refractivity contribution in [3.63, 3.8) is 0 Å². The summed E-state index contributed by atoms with van der Waals surface area (Å²) >= 11 is 4.24. The van der Waals surface area contributed by atoms with Gasteiger partial charge in [0, 0.05) is 36.8 Å². The lowest BCUT2D eigenvalue weighted by Gasteiger charge is -2.32. The summed E-state index contributed by atoms with van der Waals surface area (Å²) in [6, 6.07) is 8.11. The van der Waals surface area contributed by atoms with Crippen LogP contribution in [0, 0.1) is 0 Å². The first-order valence-electron chi connectivity index (χ1n) is 4.73. The summed E-state index contributed by atoms with van der Waals surface area (Å²) < 4.78 is 0. The highest BCUT2D eigenvalue weighted by Crippen LogP contribution is 2.18. The zero-order valence-corrected chi connectivity index (χ0v) is 8.82. The van der Waals surface area contributed by atoms with Crippen molar-refractivity contribution in [1.82, 2.24) is 5.06 Å². The average Bonchev–Trinajstić information content (AvgIpc) is 2.21. The van der Waals surface area contributed by atoms with Crippen LogP contribution in [0.1, 0.15) is 0 Å². The molecule has 76 valence electrons. The predicted molar refractivity (Wildman–Crippen MR) is 59.3 cm³/mol. The molecule has 1 fully saturated rings. The van der Waals surface area contributed by atoms with E-state index in [1.165, 1.54) is 10.8 Å². The Kier molecular flexibility index (Phi) is 2.96. The summed E-state index contributed by atoms with van der Waals surface area (Å²) in [6.45, 7) is 3.18. The normalized spacial score (nSPS) is 18.6. The second kappa shape index (κ2) is 4.21. The first kappa shape index (κ1) is 9.83. The first-order valence-corrected chi connectivity index (χ1v) is 5.18. The lowest BCUT2D eigenvalue weighted by atomic mass is 10.2. The molecule has 3 nitrogen and oxygen atoms in total. The van der Waals surface area contributed by atoms with Gasteiger partial charge in [0.25, 0.3) is 0 Å². The molecule has 0 amide bonds. The zero-order chi connectivity index (χ0) is 9.97. The van der Waals surface area contributed by atoms with Crippen LogP contribution in [0.3, 0.4) is 0 Å². The molecular formula is C10H14N2OS. The zero-order valence-electron chi connectivity index (χ0n) is 7.93. The molecule has 0 aromatic heterocycles. The minimum Gasteiger partial charge on any atom is -0.369 e. The van der Waals surface area contributed by atoms with Gasteiger partial charge in [0.1, 0.15) is 0 Å². The maximum Gasteiger partial charge on any atom is 0.0414 e. The molecule has 1 saturated heterocycles. The van der Waals surface area contributed by atoms with E-state index in [9.17, 15) is 5.21 Å². The number of benzene rings is 1. The molecule has 0 bridgehead atoms. The Labute approximate surface area is 89.3 Å². The molecule has 0 spiro atoms. The van der Waals surface area contributed by atoms with Crippen LogP contribution in [0.2, 0.25) is 0 Å². The third-order valence-corrected chi connectivity index (χ3v) is 2.77. The summed E-state index contributed by atoms with van der Waals surface area (Å²) in [5.41, 5.74) is 1.20. The van der Waals surface area contributed by atoms with Crippen molar-refractivity contribution in [1.29, 1.82) is 0 Å². The van der Waals surface area contributed by atoms with E-state index in [2.05, 4.69) is 29.7 Å². The fraction of sp³-hybridized carbons (Fsp3) is 0.400. The summed E-state index contributed by atoms with van der Waals surface area (Å²) in [5.74, 6) is 0. The van der Waals surface area contributed by atoms with Crippen LogP contribution < -0.4 is 4.90 Å². The van der Waals surface area contributed by atoms with Crippen LogP contribution in [-0.4, -0.2) is 36.4 Å². The maximum atomic E-state index is 9.21. The molecule has 2 rings (SSSR count). The standard InChI is InChI=1S/C10H14N2OS/c13-12-7-5-11(6-8-12)9-1-3-10(14)4-2-9/h1-4,13-14H,5-8H2. The second-order valence-electron chi connectivity index (χ2n) is 3.46. The van der Waals surface area contributed by atoms with Crippen molar-refractivity contribution < 1.29 is 5.21 Å². The van der Waals surface area contributed by atoms with E-state index in [4.69, 9.17) is 0 Å². The molecule has 0 radical (unpaired) electrons.